The highest BCUT2D eigenvalue weighted by Gasteiger charge is 2.14. The Balaban J connectivity index is 2.50. The fourth-order valence-corrected chi connectivity index (χ4v) is 2.32. The predicted octanol–water partition coefficient (Wildman–Crippen LogP) is 3.27. The summed E-state index contributed by atoms with van der Waals surface area (Å²) in [4.78, 5) is 26.1. The van der Waals surface area contributed by atoms with E-state index in [1.165, 1.54) is 6.07 Å². The van der Waals surface area contributed by atoms with E-state index in [1.807, 2.05) is 0 Å². The summed E-state index contributed by atoms with van der Waals surface area (Å²) in [7, 11) is 0. The van der Waals surface area contributed by atoms with Gasteiger partial charge in [0.1, 0.15) is 5.15 Å². The van der Waals surface area contributed by atoms with Gasteiger partial charge in [-0.1, -0.05) is 23.2 Å². The SMILES string of the molecule is O=c1c(Br)cc([N+](=O)[O-])cn1Cc1nc(Cl)ccc1Cl. The molecule has 0 radical (unpaired) electrons. The molecular weight excluding hydrogens is 373 g/mol. The highest BCUT2D eigenvalue weighted by Crippen LogP contribution is 2.19. The Hall–Kier alpha value is -1.44. The second-order valence-electron chi connectivity index (χ2n) is 3.80. The van der Waals surface area contributed by atoms with Crippen molar-refractivity contribution in [3.05, 3.63) is 65.2 Å². The zero-order valence-corrected chi connectivity index (χ0v) is 12.8. The zero-order chi connectivity index (χ0) is 14.9. The van der Waals surface area contributed by atoms with Crippen molar-refractivity contribution in [2.75, 3.05) is 0 Å². The Bertz CT molecular complexity index is 748. The average molecular weight is 379 g/mol. The number of pyridine rings is 2. The third-order valence-corrected chi connectivity index (χ3v) is 3.57. The Kier molecular flexibility index (Phi) is 4.42. The molecule has 0 saturated carbocycles. The maximum atomic E-state index is 11.9. The smallest absolute Gasteiger partial charge is 0.286 e. The Morgan fingerprint density at radius 3 is 2.75 bits per heavy atom. The molecular formula is C11H6BrCl2N3O3. The largest absolute Gasteiger partial charge is 0.302 e. The summed E-state index contributed by atoms with van der Waals surface area (Å²) in [5, 5.41) is 11.3. The number of nitrogens with zero attached hydrogens (tertiary/aromatic N) is 3. The molecule has 2 aromatic rings. The van der Waals surface area contributed by atoms with Crippen LogP contribution in [0.5, 0.6) is 0 Å². The van der Waals surface area contributed by atoms with Gasteiger partial charge in [0.15, 0.2) is 0 Å². The number of nitro groups is 1. The van der Waals surface area contributed by atoms with E-state index < -0.39 is 10.5 Å². The minimum absolute atomic E-state index is 0.0154. The summed E-state index contributed by atoms with van der Waals surface area (Å²) in [6, 6.07) is 4.20. The van der Waals surface area contributed by atoms with Gasteiger partial charge in [0.25, 0.3) is 11.2 Å². The normalized spacial score (nSPS) is 10.6. The number of hydrogen-bond acceptors (Lipinski definition) is 4. The fourth-order valence-electron chi connectivity index (χ4n) is 1.53. The Morgan fingerprint density at radius 1 is 1.40 bits per heavy atom. The highest BCUT2D eigenvalue weighted by molar-refractivity contribution is 9.10. The predicted molar refractivity (Wildman–Crippen MR) is 78.4 cm³/mol. The molecule has 2 aromatic heterocycles. The van der Waals surface area contributed by atoms with Crippen LogP contribution in [0.2, 0.25) is 10.2 Å². The monoisotopic (exact) mass is 377 g/mol. The zero-order valence-electron chi connectivity index (χ0n) is 9.72. The van der Waals surface area contributed by atoms with Gasteiger partial charge < -0.3 is 4.57 Å². The lowest BCUT2D eigenvalue weighted by atomic mass is 10.3. The van der Waals surface area contributed by atoms with Crippen molar-refractivity contribution in [3.8, 4) is 0 Å². The van der Waals surface area contributed by atoms with Crippen molar-refractivity contribution in [1.82, 2.24) is 9.55 Å². The molecule has 104 valence electrons. The van der Waals surface area contributed by atoms with Crippen molar-refractivity contribution in [3.63, 3.8) is 0 Å². The van der Waals surface area contributed by atoms with Crippen LogP contribution in [-0.2, 0) is 6.54 Å². The lowest BCUT2D eigenvalue weighted by molar-refractivity contribution is -0.385. The molecule has 0 unspecified atom stereocenters. The summed E-state index contributed by atoms with van der Waals surface area (Å²) in [6.45, 7) is -0.0154. The lowest BCUT2D eigenvalue weighted by Gasteiger charge is -2.07. The molecule has 9 heteroatoms. The van der Waals surface area contributed by atoms with Crippen LogP contribution >= 0.6 is 39.1 Å². The van der Waals surface area contributed by atoms with Gasteiger partial charge in [0.2, 0.25) is 0 Å². The number of rotatable bonds is 3. The second-order valence-corrected chi connectivity index (χ2v) is 5.45. The first-order chi connectivity index (χ1) is 9.38. The molecule has 0 aliphatic heterocycles. The summed E-state index contributed by atoms with van der Waals surface area (Å²) in [5.41, 5.74) is -0.281. The fraction of sp³-hybridized carbons (Fsp3) is 0.0909. The van der Waals surface area contributed by atoms with Crippen molar-refractivity contribution in [1.29, 1.82) is 0 Å². The van der Waals surface area contributed by atoms with Gasteiger partial charge in [-0.25, -0.2) is 4.98 Å². The van der Waals surface area contributed by atoms with Crippen LogP contribution in [0.4, 0.5) is 5.69 Å². The molecule has 0 N–H and O–H groups in total. The molecule has 0 fully saturated rings. The van der Waals surface area contributed by atoms with Crippen molar-refractivity contribution in [2.24, 2.45) is 0 Å². The third kappa shape index (κ3) is 3.17. The van der Waals surface area contributed by atoms with E-state index in [0.717, 1.165) is 16.8 Å². The summed E-state index contributed by atoms with van der Waals surface area (Å²) < 4.78 is 1.23. The molecule has 20 heavy (non-hydrogen) atoms. The number of halogens is 3. The van der Waals surface area contributed by atoms with Gasteiger partial charge in [0, 0.05) is 6.07 Å². The molecule has 2 rings (SSSR count). The van der Waals surface area contributed by atoms with E-state index in [2.05, 4.69) is 20.9 Å². The van der Waals surface area contributed by atoms with E-state index >= 15 is 0 Å². The van der Waals surface area contributed by atoms with Gasteiger partial charge in [-0.2, -0.15) is 0 Å². The van der Waals surface area contributed by atoms with Crippen LogP contribution < -0.4 is 5.56 Å². The molecule has 0 aromatic carbocycles. The van der Waals surface area contributed by atoms with Gasteiger partial charge in [0.05, 0.1) is 32.9 Å². The van der Waals surface area contributed by atoms with Gasteiger partial charge in [-0.15, -0.1) is 0 Å². The van der Waals surface area contributed by atoms with E-state index in [0.29, 0.717) is 10.7 Å². The molecule has 0 aliphatic rings. The van der Waals surface area contributed by atoms with E-state index in [1.54, 1.807) is 6.07 Å². The molecule has 0 amide bonds. The third-order valence-electron chi connectivity index (χ3n) is 2.44. The quantitative estimate of drug-likeness (QED) is 0.466. The number of aromatic nitrogens is 2. The van der Waals surface area contributed by atoms with Crippen molar-refractivity contribution in [2.45, 2.75) is 6.54 Å². The Morgan fingerprint density at radius 2 is 2.10 bits per heavy atom. The van der Waals surface area contributed by atoms with Crippen LogP contribution in [-0.4, -0.2) is 14.5 Å². The Labute approximate surface area is 131 Å². The van der Waals surface area contributed by atoms with E-state index in [9.17, 15) is 14.9 Å². The minimum atomic E-state index is -0.590. The minimum Gasteiger partial charge on any atom is -0.302 e. The standard InChI is InChI=1S/C11H6BrCl2N3O3/c12-7-3-6(17(19)20)4-16(11(7)18)5-9-8(13)1-2-10(14)15-9/h1-4H,5H2. The van der Waals surface area contributed by atoms with Crippen LogP contribution in [0.15, 0.2) is 33.7 Å². The van der Waals surface area contributed by atoms with Crippen LogP contribution in [0.1, 0.15) is 5.69 Å². The van der Waals surface area contributed by atoms with E-state index in [-0.39, 0.29) is 21.9 Å². The maximum Gasteiger partial charge on any atom is 0.286 e. The first-order valence-electron chi connectivity index (χ1n) is 5.24. The molecule has 0 spiro atoms. The van der Waals surface area contributed by atoms with Crippen molar-refractivity contribution < 1.29 is 4.92 Å². The topological polar surface area (TPSA) is 78.0 Å². The maximum absolute atomic E-state index is 11.9. The average Bonchev–Trinajstić information content (AvgIpc) is 2.38. The van der Waals surface area contributed by atoms with Crippen LogP contribution in [0.3, 0.4) is 0 Å². The van der Waals surface area contributed by atoms with Crippen LogP contribution in [0, 0.1) is 10.1 Å². The molecule has 0 saturated heterocycles. The molecule has 0 atom stereocenters. The van der Waals surface area contributed by atoms with Gasteiger partial charge >= 0.3 is 0 Å². The van der Waals surface area contributed by atoms with E-state index in [4.69, 9.17) is 23.2 Å². The summed E-state index contributed by atoms with van der Waals surface area (Å²) in [6.07, 6.45) is 1.13. The van der Waals surface area contributed by atoms with Gasteiger partial charge in [-0.05, 0) is 28.1 Å². The van der Waals surface area contributed by atoms with Gasteiger partial charge in [-0.3, -0.25) is 14.9 Å². The highest BCUT2D eigenvalue weighted by atomic mass is 79.9. The summed E-state index contributed by atoms with van der Waals surface area (Å²) >= 11 is 14.7. The lowest BCUT2D eigenvalue weighted by Crippen LogP contribution is -2.22. The molecule has 0 bridgehead atoms. The molecule has 6 nitrogen and oxygen atoms in total. The number of hydrogen-bond donors (Lipinski definition) is 0. The van der Waals surface area contributed by atoms with Crippen LogP contribution in [0.25, 0.3) is 0 Å². The summed E-state index contributed by atoms with van der Waals surface area (Å²) in [5.74, 6) is 0. The first kappa shape index (κ1) is 15.0. The molecule has 2 heterocycles. The van der Waals surface area contributed by atoms with Crippen molar-refractivity contribution >= 4 is 44.8 Å². The first-order valence-corrected chi connectivity index (χ1v) is 6.78. The second kappa shape index (κ2) is 5.90. The molecule has 0 aliphatic carbocycles.